The molecule has 0 radical (unpaired) electrons. The summed E-state index contributed by atoms with van der Waals surface area (Å²) in [7, 11) is 0. The first kappa shape index (κ1) is 14.1. The molecule has 2 N–H and O–H groups in total. The molecule has 0 aromatic heterocycles. The molecule has 2 aromatic rings. The van der Waals surface area contributed by atoms with Crippen LogP contribution in [0.5, 0.6) is 5.75 Å². The average molecular weight is 270 g/mol. The summed E-state index contributed by atoms with van der Waals surface area (Å²) in [5.74, 6) is -1.27. The van der Waals surface area contributed by atoms with Gasteiger partial charge < -0.3 is 10.2 Å². The van der Waals surface area contributed by atoms with Gasteiger partial charge in [0.1, 0.15) is 11.3 Å². The molecule has 0 saturated carbocycles. The SMILES string of the molecule is CC(C)(C)c1cc(-c2ccccc2)cc(C(=O)O)c1O. The van der Waals surface area contributed by atoms with Crippen LogP contribution in [0.1, 0.15) is 36.7 Å². The number of aromatic carboxylic acids is 1. The van der Waals surface area contributed by atoms with Gasteiger partial charge in [0.05, 0.1) is 0 Å². The Hall–Kier alpha value is -2.29. The maximum absolute atomic E-state index is 11.3. The predicted molar refractivity (Wildman–Crippen MR) is 79.2 cm³/mol. The van der Waals surface area contributed by atoms with Gasteiger partial charge in [-0.1, -0.05) is 51.1 Å². The van der Waals surface area contributed by atoms with E-state index in [9.17, 15) is 15.0 Å². The van der Waals surface area contributed by atoms with Gasteiger partial charge in [0.25, 0.3) is 0 Å². The van der Waals surface area contributed by atoms with E-state index in [1.165, 1.54) is 6.07 Å². The fraction of sp³-hybridized carbons (Fsp3) is 0.235. The number of phenols is 1. The molecule has 104 valence electrons. The maximum Gasteiger partial charge on any atom is 0.339 e. The Morgan fingerprint density at radius 3 is 2.10 bits per heavy atom. The van der Waals surface area contributed by atoms with Crippen LogP contribution in [-0.2, 0) is 5.41 Å². The summed E-state index contributed by atoms with van der Waals surface area (Å²) >= 11 is 0. The minimum absolute atomic E-state index is 0.0590. The number of rotatable bonds is 2. The minimum Gasteiger partial charge on any atom is -0.507 e. The minimum atomic E-state index is -1.12. The van der Waals surface area contributed by atoms with Crippen molar-refractivity contribution in [3.8, 4) is 16.9 Å². The molecule has 0 spiro atoms. The highest BCUT2D eigenvalue weighted by Gasteiger charge is 2.24. The predicted octanol–water partition coefficient (Wildman–Crippen LogP) is 4.05. The molecule has 0 unspecified atom stereocenters. The number of carboxylic acids is 1. The van der Waals surface area contributed by atoms with E-state index in [-0.39, 0.29) is 16.7 Å². The van der Waals surface area contributed by atoms with Crippen molar-refractivity contribution in [1.29, 1.82) is 0 Å². The molecule has 0 bridgehead atoms. The maximum atomic E-state index is 11.3. The van der Waals surface area contributed by atoms with E-state index in [4.69, 9.17) is 0 Å². The third-order valence-electron chi connectivity index (χ3n) is 3.26. The first-order chi connectivity index (χ1) is 9.30. The highest BCUT2D eigenvalue weighted by Crippen LogP contribution is 2.37. The quantitative estimate of drug-likeness (QED) is 0.865. The number of benzene rings is 2. The van der Waals surface area contributed by atoms with Crippen LogP contribution in [0.15, 0.2) is 42.5 Å². The van der Waals surface area contributed by atoms with Crippen molar-refractivity contribution in [2.75, 3.05) is 0 Å². The van der Waals surface area contributed by atoms with E-state index in [0.717, 1.165) is 11.1 Å². The Labute approximate surface area is 118 Å². The molecule has 3 heteroatoms. The normalized spacial score (nSPS) is 11.3. The largest absolute Gasteiger partial charge is 0.507 e. The standard InChI is InChI=1S/C17H18O3/c1-17(2,3)14-10-12(11-7-5-4-6-8-11)9-13(15(14)18)16(19)20/h4-10,18H,1-3H3,(H,19,20). The van der Waals surface area contributed by atoms with E-state index in [0.29, 0.717) is 5.56 Å². The van der Waals surface area contributed by atoms with Crippen molar-refractivity contribution in [3.63, 3.8) is 0 Å². The number of carbonyl (C=O) groups is 1. The second-order valence-corrected chi connectivity index (χ2v) is 5.84. The topological polar surface area (TPSA) is 57.5 Å². The molecule has 20 heavy (non-hydrogen) atoms. The van der Waals surface area contributed by atoms with E-state index in [1.54, 1.807) is 0 Å². The first-order valence-corrected chi connectivity index (χ1v) is 6.47. The van der Waals surface area contributed by atoms with Crippen molar-refractivity contribution in [2.24, 2.45) is 0 Å². The van der Waals surface area contributed by atoms with Crippen LogP contribution in [0.3, 0.4) is 0 Å². The third kappa shape index (κ3) is 2.67. The zero-order valence-corrected chi connectivity index (χ0v) is 11.8. The highest BCUT2D eigenvalue weighted by atomic mass is 16.4. The van der Waals surface area contributed by atoms with Crippen molar-refractivity contribution in [2.45, 2.75) is 26.2 Å². The van der Waals surface area contributed by atoms with Crippen LogP contribution < -0.4 is 0 Å². The summed E-state index contributed by atoms with van der Waals surface area (Å²) in [4.78, 5) is 11.3. The Balaban J connectivity index is 2.72. The Morgan fingerprint density at radius 1 is 1.00 bits per heavy atom. The molecule has 0 heterocycles. The van der Waals surface area contributed by atoms with Gasteiger partial charge in [0.15, 0.2) is 0 Å². The van der Waals surface area contributed by atoms with Crippen LogP contribution in [0, 0.1) is 0 Å². The van der Waals surface area contributed by atoms with Crippen molar-refractivity contribution in [3.05, 3.63) is 53.6 Å². The summed E-state index contributed by atoms with van der Waals surface area (Å²) < 4.78 is 0. The lowest BCUT2D eigenvalue weighted by atomic mass is 9.83. The Bertz CT molecular complexity index is 637. The van der Waals surface area contributed by atoms with E-state index in [1.807, 2.05) is 57.2 Å². The summed E-state index contributed by atoms with van der Waals surface area (Å²) in [5, 5.41) is 19.5. The molecule has 0 saturated heterocycles. The van der Waals surface area contributed by atoms with Crippen molar-refractivity contribution < 1.29 is 15.0 Å². The molecular formula is C17H18O3. The smallest absolute Gasteiger partial charge is 0.339 e. The van der Waals surface area contributed by atoms with Gasteiger partial charge in [0, 0.05) is 5.56 Å². The van der Waals surface area contributed by atoms with Crippen LogP contribution in [0.25, 0.3) is 11.1 Å². The molecule has 2 rings (SSSR count). The molecule has 0 fully saturated rings. The third-order valence-corrected chi connectivity index (χ3v) is 3.26. The molecule has 0 aliphatic rings. The van der Waals surface area contributed by atoms with Gasteiger partial charge >= 0.3 is 5.97 Å². The fourth-order valence-electron chi connectivity index (χ4n) is 2.17. The fourth-order valence-corrected chi connectivity index (χ4v) is 2.17. The lowest BCUT2D eigenvalue weighted by Gasteiger charge is -2.22. The molecule has 0 amide bonds. The van der Waals surface area contributed by atoms with Crippen LogP contribution in [-0.4, -0.2) is 16.2 Å². The van der Waals surface area contributed by atoms with Gasteiger partial charge in [0.2, 0.25) is 0 Å². The van der Waals surface area contributed by atoms with Crippen LogP contribution in [0.4, 0.5) is 0 Å². The Kier molecular flexibility index (Phi) is 3.53. The van der Waals surface area contributed by atoms with Gasteiger partial charge in [-0.15, -0.1) is 0 Å². The van der Waals surface area contributed by atoms with Gasteiger partial charge in [-0.3, -0.25) is 0 Å². The van der Waals surface area contributed by atoms with Gasteiger partial charge in [-0.2, -0.15) is 0 Å². The zero-order chi connectivity index (χ0) is 14.9. The molecular weight excluding hydrogens is 252 g/mol. The molecule has 2 aromatic carbocycles. The number of carboxylic acid groups (broad SMARTS) is 1. The molecule has 0 aliphatic carbocycles. The molecule has 0 aliphatic heterocycles. The molecule has 3 nitrogen and oxygen atoms in total. The Morgan fingerprint density at radius 2 is 1.60 bits per heavy atom. The monoisotopic (exact) mass is 270 g/mol. The lowest BCUT2D eigenvalue weighted by Crippen LogP contribution is -2.13. The number of hydrogen-bond donors (Lipinski definition) is 2. The number of hydrogen-bond acceptors (Lipinski definition) is 2. The summed E-state index contributed by atoms with van der Waals surface area (Å²) in [6, 6.07) is 12.9. The highest BCUT2D eigenvalue weighted by molar-refractivity contribution is 5.93. The lowest BCUT2D eigenvalue weighted by molar-refractivity contribution is 0.0693. The van der Waals surface area contributed by atoms with Gasteiger partial charge in [-0.05, 0) is 28.7 Å². The summed E-state index contributed by atoms with van der Waals surface area (Å²) in [6.07, 6.45) is 0. The first-order valence-electron chi connectivity index (χ1n) is 6.47. The van der Waals surface area contributed by atoms with Crippen molar-refractivity contribution >= 4 is 5.97 Å². The second kappa shape index (κ2) is 5.00. The van der Waals surface area contributed by atoms with Gasteiger partial charge in [-0.25, -0.2) is 4.79 Å². The average Bonchev–Trinajstić information content (AvgIpc) is 2.38. The second-order valence-electron chi connectivity index (χ2n) is 5.84. The zero-order valence-electron chi connectivity index (χ0n) is 11.8. The van der Waals surface area contributed by atoms with E-state index < -0.39 is 5.97 Å². The van der Waals surface area contributed by atoms with Crippen LogP contribution in [0.2, 0.25) is 0 Å². The van der Waals surface area contributed by atoms with E-state index in [2.05, 4.69) is 0 Å². The molecule has 0 atom stereocenters. The van der Waals surface area contributed by atoms with Crippen LogP contribution >= 0.6 is 0 Å². The van der Waals surface area contributed by atoms with Crippen molar-refractivity contribution in [1.82, 2.24) is 0 Å². The van der Waals surface area contributed by atoms with E-state index >= 15 is 0 Å². The summed E-state index contributed by atoms with van der Waals surface area (Å²) in [5.41, 5.74) is 1.97. The summed E-state index contributed by atoms with van der Waals surface area (Å²) in [6.45, 7) is 5.84. The number of aromatic hydroxyl groups is 1.